The van der Waals surface area contributed by atoms with Gasteiger partial charge in [0.25, 0.3) is 0 Å². The molecule has 3 rings (SSSR count). The van der Waals surface area contributed by atoms with E-state index in [4.69, 9.17) is 5.73 Å². The van der Waals surface area contributed by atoms with Crippen molar-refractivity contribution in [3.8, 4) is 11.5 Å². The number of nitrogens with two attached hydrogens (primary N) is 1. The third-order valence-electron chi connectivity index (χ3n) is 4.44. The Labute approximate surface area is 153 Å². The number of nitrogen functional groups attached to an aromatic ring is 1. The van der Waals surface area contributed by atoms with Gasteiger partial charge < -0.3 is 20.9 Å². The Hall–Kier alpha value is -2.52. The SMILES string of the molecule is Nc1c(F)ccc([C@@H](c2ccc(OC(F)(F)F)cc2)N2CCNCC2)c1O. The van der Waals surface area contributed by atoms with E-state index < -0.39 is 18.2 Å². The minimum atomic E-state index is -4.77. The number of rotatable bonds is 4. The van der Waals surface area contributed by atoms with Crippen molar-refractivity contribution in [2.45, 2.75) is 12.4 Å². The molecule has 0 saturated carbocycles. The molecule has 0 spiro atoms. The summed E-state index contributed by atoms with van der Waals surface area (Å²) in [5.41, 5.74) is 6.29. The van der Waals surface area contributed by atoms with Crippen LogP contribution in [-0.2, 0) is 0 Å². The Morgan fingerprint density at radius 1 is 1.07 bits per heavy atom. The molecule has 0 aromatic heterocycles. The van der Waals surface area contributed by atoms with Crippen molar-refractivity contribution in [1.82, 2.24) is 10.2 Å². The topological polar surface area (TPSA) is 70.8 Å². The molecule has 1 fully saturated rings. The molecule has 0 unspecified atom stereocenters. The second-order valence-electron chi connectivity index (χ2n) is 6.20. The number of piperazine rings is 1. The predicted molar refractivity (Wildman–Crippen MR) is 91.9 cm³/mol. The van der Waals surface area contributed by atoms with E-state index in [2.05, 4.69) is 10.1 Å². The summed E-state index contributed by atoms with van der Waals surface area (Å²) in [5, 5.41) is 13.6. The van der Waals surface area contributed by atoms with Crippen LogP contribution >= 0.6 is 0 Å². The molecule has 2 aromatic carbocycles. The summed E-state index contributed by atoms with van der Waals surface area (Å²) >= 11 is 0. The molecule has 1 aliphatic heterocycles. The first-order valence-corrected chi connectivity index (χ1v) is 8.33. The molecular formula is C18H19F4N3O2. The number of halogens is 4. The number of benzene rings is 2. The maximum atomic E-state index is 13.6. The van der Waals surface area contributed by atoms with Gasteiger partial charge in [0.15, 0.2) is 0 Å². The Morgan fingerprint density at radius 3 is 2.30 bits per heavy atom. The largest absolute Gasteiger partial charge is 0.573 e. The van der Waals surface area contributed by atoms with E-state index in [1.165, 1.54) is 36.4 Å². The molecule has 0 bridgehead atoms. The molecule has 2 aromatic rings. The van der Waals surface area contributed by atoms with E-state index in [0.717, 1.165) is 0 Å². The van der Waals surface area contributed by atoms with Gasteiger partial charge in [-0.05, 0) is 23.8 Å². The Kier molecular flexibility index (Phi) is 5.43. The van der Waals surface area contributed by atoms with Gasteiger partial charge in [-0.1, -0.05) is 18.2 Å². The molecule has 4 N–H and O–H groups in total. The van der Waals surface area contributed by atoms with E-state index in [1.54, 1.807) is 0 Å². The summed E-state index contributed by atoms with van der Waals surface area (Å²) in [6.07, 6.45) is -4.77. The monoisotopic (exact) mass is 385 g/mol. The molecule has 0 radical (unpaired) electrons. The second-order valence-corrected chi connectivity index (χ2v) is 6.20. The Bertz CT molecular complexity index is 790. The van der Waals surface area contributed by atoms with Crippen LogP contribution in [-0.4, -0.2) is 42.5 Å². The van der Waals surface area contributed by atoms with Gasteiger partial charge in [0.1, 0.15) is 23.0 Å². The van der Waals surface area contributed by atoms with Crippen LogP contribution in [0.3, 0.4) is 0 Å². The Balaban J connectivity index is 1.99. The highest BCUT2D eigenvalue weighted by Crippen LogP contribution is 2.39. The lowest BCUT2D eigenvalue weighted by Gasteiger charge is -2.36. The van der Waals surface area contributed by atoms with Gasteiger partial charge >= 0.3 is 6.36 Å². The van der Waals surface area contributed by atoms with Crippen molar-refractivity contribution in [2.75, 3.05) is 31.9 Å². The zero-order chi connectivity index (χ0) is 19.6. The fourth-order valence-electron chi connectivity index (χ4n) is 3.20. The standard InChI is InChI=1S/C18H19F4N3O2/c19-14-6-5-13(17(26)15(14)23)16(25-9-7-24-8-10-25)11-1-3-12(4-2-11)27-18(20,21)22/h1-6,16,24,26H,7-10,23H2/t16-/m1/s1. The number of nitrogens with one attached hydrogen (secondary N) is 1. The number of phenols is 1. The number of aromatic hydroxyl groups is 1. The van der Waals surface area contributed by atoms with Gasteiger partial charge in [-0.15, -0.1) is 13.2 Å². The predicted octanol–water partition coefficient (Wildman–Crippen LogP) is 3.01. The van der Waals surface area contributed by atoms with Crippen molar-refractivity contribution in [2.24, 2.45) is 0 Å². The number of hydrogen-bond donors (Lipinski definition) is 3. The number of anilines is 1. The van der Waals surface area contributed by atoms with Crippen LogP contribution in [0.15, 0.2) is 36.4 Å². The number of ether oxygens (including phenoxy) is 1. The quantitative estimate of drug-likeness (QED) is 0.429. The third-order valence-corrected chi connectivity index (χ3v) is 4.44. The van der Waals surface area contributed by atoms with Gasteiger partial charge in [-0.25, -0.2) is 4.39 Å². The van der Waals surface area contributed by atoms with Crippen molar-refractivity contribution in [1.29, 1.82) is 0 Å². The minimum Gasteiger partial charge on any atom is -0.505 e. The summed E-state index contributed by atoms with van der Waals surface area (Å²) in [4.78, 5) is 2.04. The molecule has 1 saturated heterocycles. The number of alkyl halides is 3. The average molecular weight is 385 g/mol. The summed E-state index contributed by atoms with van der Waals surface area (Å²) in [6, 6.07) is 7.52. The molecule has 0 amide bonds. The maximum Gasteiger partial charge on any atom is 0.573 e. The van der Waals surface area contributed by atoms with E-state index in [9.17, 15) is 22.7 Å². The van der Waals surface area contributed by atoms with Gasteiger partial charge in [0, 0.05) is 31.7 Å². The van der Waals surface area contributed by atoms with E-state index in [1.807, 2.05) is 4.90 Å². The first-order valence-electron chi connectivity index (χ1n) is 8.33. The van der Waals surface area contributed by atoms with Crippen molar-refractivity contribution < 1.29 is 27.4 Å². The van der Waals surface area contributed by atoms with Crippen LogP contribution in [0.1, 0.15) is 17.2 Å². The van der Waals surface area contributed by atoms with Crippen molar-refractivity contribution >= 4 is 5.69 Å². The number of phenolic OH excluding ortho intramolecular Hbond substituents is 1. The van der Waals surface area contributed by atoms with Gasteiger partial charge in [-0.3, -0.25) is 4.90 Å². The highest BCUT2D eigenvalue weighted by atomic mass is 19.4. The fraction of sp³-hybridized carbons (Fsp3) is 0.333. The van der Waals surface area contributed by atoms with E-state index in [-0.39, 0.29) is 17.2 Å². The summed E-state index contributed by atoms with van der Waals surface area (Å²) in [7, 11) is 0. The zero-order valence-corrected chi connectivity index (χ0v) is 14.3. The maximum absolute atomic E-state index is 13.6. The smallest absolute Gasteiger partial charge is 0.505 e. The number of hydrogen-bond acceptors (Lipinski definition) is 5. The molecular weight excluding hydrogens is 366 g/mol. The first kappa shape index (κ1) is 19.2. The van der Waals surface area contributed by atoms with Crippen LogP contribution in [0, 0.1) is 5.82 Å². The summed E-state index contributed by atoms with van der Waals surface area (Å²) in [6.45, 7) is 2.71. The first-order chi connectivity index (χ1) is 12.8. The molecule has 9 heteroatoms. The van der Waals surface area contributed by atoms with Crippen molar-refractivity contribution in [3.63, 3.8) is 0 Å². The Morgan fingerprint density at radius 2 is 1.70 bits per heavy atom. The highest BCUT2D eigenvalue weighted by molar-refractivity contribution is 5.59. The van der Waals surface area contributed by atoms with Crippen LogP contribution in [0.4, 0.5) is 23.2 Å². The molecule has 146 valence electrons. The van der Waals surface area contributed by atoms with Crippen LogP contribution in [0.2, 0.25) is 0 Å². The minimum absolute atomic E-state index is 0.340. The lowest BCUT2D eigenvalue weighted by molar-refractivity contribution is -0.274. The third kappa shape index (κ3) is 4.42. The van der Waals surface area contributed by atoms with Crippen LogP contribution < -0.4 is 15.8 Å². The lowest BCUT2D eigenvalue weighted by atomic mass is 9.95. The van der Waals surface area contributed by atoms with E-state index >= 15 is 0 Å². The normalized spacial score (nSPS) is 16.9. The summed E-state index contributed by atoms with van der Waals surface area (Å²) in [5.74, 6) is -1.44. The second kappa shape index (κ2) is 7.61. The zero-order valence-electron chi connectivity index (χ0n) is 14.3. The average Bonchev–Trinajstić information content (AvgIpc) is 2.63. The molecule has 5 nitrogen and oxygen atoms in total. The van der Waals surface area contributed by atoms with Crippen molar-refractivity contribution in [3.05, 3.63) is 53.3 Å². The molecule has 1 atom stereocenters. The van der Waals surface area contributed by atoms with Crippen LogP contribution in [0.25, 0.3) is 0 Å². The molecule has 0 aliphatic carbocycles. The van der Waals surface area contributed by atoms with Gasteiger partial charge in [0.05, 0.1) is 6.04 Å². The summed E-state index contributed by atoms with van der Waals surface area (Å²) < 4.78 is 54.7. The number of nitrogens with zero attached hydrogens (tertiary/aromatic N) is 1. The van der Waals surface area contributed by atoms with E-state index in [0.29, 0.717) is 37.3 Å². The molecule has 1 heterocycles. The molecule has 1 aliphatic rings. The lowest BCUT2D eigenvalue weighted by Crippen LogP contribution is -2.45. The highest BCUT2D eigenvalue weighted by Gasteiger charge is 2.32. The van der Waals surface area contributed by atoms with Crippen LogP contribution in [0.5, 0.6) is 11.5 Å². The van der Waals surface area contributed by atoms with Gasteiger partial charge in [-0.2, -0.15) is 0 Å². The fourth-order valence-corrected chi connectivity index (χ4v) is 3.20. The van der Waals surface area contributed by atoms with Gasteiger partial charge in [0.2, 0.25) is 0 Å². The molecule has 27 heavy (non-hydrogen) atoms.